The summed E-state index contributed by atoms with van der Waals surface area (Å²) in [5.41, 5.74) is 4.04. The van der Waals surface area contributed by atoms with Crippen molar-refractivity contribution in [1.82, 2.24) is 24.6 Å². The van der Waals surface area contributed by atoms with Gasteiger partial charge >= 0.3 is 0 Å². The molecule has 0 radical (unpaired) electrons. The number of nitrogens with zero attached hydrogens (tertiary/aromatic N) is 4. The maximum Gasteiger partial charge on any atom is 0.255 e. The van der Waals surface area contributed by atoms with E-state index in [2.05, 4.69) is 15.4 Å². The molecule has 1 aliphatic rings. The van der Waals surface area contributed by atoms with E-state index in [0.717, 1.165) is 16.8 Å². The van der Waals surface area contributed by atoms with Crippen molar-refractivity contribution in [2.75, 3.05) is 0 Å². The minimum Gasteiger partial charge on any atom is -0.393 e. The van der Waals surface area contributed by atoms with Gasteiger partial charge in [0.1, 0.15) is 5.52 Å². The summed E-state index contributed by atoms with van der Waals surface area (Å²) in [6.07, 6.45) is 7.26. The molecule has 0 spiro atoms. The number of aromatic nitrogens is 4. The molecule has 1 fully saturated rings. The molecular formula is C24H25N5O3. The molecule has 0 aliphatic heterocycles. The standard InChI is InChI=1S/C24H25N5O3/c30-18-8-9-20(22(31)13-18)27-24(32)19-15-28(21-3-1-10-25-23(19)21)14-16-4-6-17(7-5-16)29-12-2-11-26-29/h1-7,10-12,15,18,20,22,30-31H,8-9,13-14H2,(H,27,32)/t18?,20-,22-/m0/s1. The van der Waals surface area contributed by atoms with Crippen molar-refractivity contribution in [3.8, 4) is 5.69 Å². The van der Waals surface area contributed by atoms with Crippen molar-refractivity contribution in [3.63, 3.8) is 0 Å². The zero-order valence-corrected chi connectivity index (χ0v) is 17.5. The van der Waals surface area contributed by atoms with Crippen molar-refractivity contribution in [2.24, 2.45) is 0 Å². The van der Waals surface area contributed by atoms with Crippen LogP contribution in [0, 0.1) is 0 Å². The lowest BCUT2D eigenvalue weighted by Gasteiger charge is -2.31. The average molecular weight is 431 g/mol. The topological polar surface area (TPSA) is 105 Å². The second-order valence-corrected chi connectivity index (χ2v) is 8.27. The molecular weight excluding hydrogens is 406 g/mol. The predicted octanol–water partition coefficient (Wildman–Crippen LogP) is 2.27. The Morgan fingerprint density at radius 2 is 1.94 bits per heavy atom. The quantitative estimate of drug-likeness (QED) is 0.450. The van der Waals surface area contributed by atoms with Crippen LogP contribution < -0.4 is 5.32 Å². The number of hydrogen-bond donors (Lipinski definition) is 3. The lowest BCUT2D eigenvalue weighted by Crippen LogP contribution is -2.47. The molecule has 3 atom stereocenters. The number of aliphatic hydroxyl groups excluding tert-OH is 2. The van der Waals surface area contributed by atoms with Gasteiger partial charge in [-0.15, -0.1) is 0 Å². The lowest BCUT2D eigenvalue weighted by atomic mass is 9.90. The van der Waals surface area contributed by atoms with Gasteiger partial charge in [-0.25, -0.2) is 4.68 Å². The molecule has 3 heterocycles. The van der Waals surface area contributed by atoms with Gasteiger partial charge in [0.2, 0.25) is 0 Å². The molecule has 1 amide bonds. The van der Waals surface area contributed by atoms with Gasteiger partial charge in [0.15, 0.2) is 0 Å². The molecule has 1 unspecified atom stereocenters. The van der Waals surface area contributed by atoms with E-state index in [9.17, 15) is 15.0 Å². The molecule has 4 aromatic rings. The number of nitrogens with one attached hydrogen (secondary N) is 1. The number of hydrogen-bond acceptors (Lipinski definition) is 5. The van der Waals surface area contributed by atoms with Crippen molar-refractivity contribution >= 4 is 16.9 Å². The Balaban J connectivity index is 1.38. The van der Waals surface area contributed by atoms with Crippen LogP contribution in [-0.4, -0.2) is 53.7 Å². The Bertz CT molecular complexity index is 1220. The highest BCUT2D eigenvalue weighted by atomic mass is 16.3. The molecule has 1 aliphatic carbocycles. The average Bonchev–Trinajstić information content (AvgIpc) is 3.45. The first-order valence-electron chi connectivity index (χ1n) is 10.8. The zero-order chi connectivity index (χ0) is 22.1. The first-order valence-corrected chi connectivity index (χ1v) is 10.8. The molecule has 5 rings (SSSR count). The van der Waals surface area contributed by atoms with Crippen LogP contribution in [0.1, 0.15) is 35.2 Å². The van der Waals surface area contributed by atoms with Crippen LogP contribution in [0.25, 0.3) is 16.7 Å². The molecule has 3 N–H and O–H groups in total. The van der Waals surface area contributed by atoms with Gasteiger partial charge in [-0.05, 0) is 48.7 Å². The summed E-state index contributed by atoms with van der Waals surface area (Å²) < 4.78 is 3.82. The number of benzene rings is 1. The van der Waals surface area contributed by atoms with Crippen molar-refractivity contribution in [3.05, 3.63) is 78.4 Å². The number of carbonyl (C=O) groups is 1. The molecule has 0 saturated heterocycles. The Kier molecular flexibility index (Phi) is 5.46. The van der Waals surface area contributed by atoms with Crippen LogP contribution in [0.4, 0.5) is 0 Å². The van der Waals surface area contributed by atoms with Gasteiger partial charge in [0.25, 0.3) is 5.91 Å². The second-order valence-electron chi connectivity index (χ2n) is 8.27. The monoisotopic (exact) mass is 431 g/mol. The Labute approximate surface area is 185 Å². The summed E-state index contributed by atoms with van der Waals surface area (Å²) in [5.74, 6) is -0.262. The molecule has 0 bridgehead atoms. The fourth-order valence-corrected chi connectivity index (χ4v) is 4.33. The van der Waals surface area contributed by atoms with Gasteiger partial charge < -0.3 is 20.1 Å². The minimum atomic E-state index is -0.752. The first-order chi connectivity index (χ1) is 15.6. The molecule has 32 heavy (non-hydrogen) atoms. The maximum atomic E-state index is 13.0. The Hall–Kier alpha value is -3.49. The smallest absolute Gasteiger partial charge is 0.255 e. The zero-order valence-electron chi connectivity index (χ0n) is 17.5. The second kappa shape index (κ2) is 8.57. The van der Waals surface area contributed by atoms with E-state index < -0.39 is 12.2 Å². The number of aliphatic hydroxyl groups is 2. The normalized spacial score (nSPS) is 21.0. The number of fused-ring (bicyclic) bond motifs is 1. The molecule has 164 valence electrons. The summed E-state index contributed by atoms with van der Waals surface area (Å²) in [6.45, 7) is 0.590. The molecule has 3 aromatic heterocycles. The maximum absolute atomic E-state index is 13.0. The third-order valence-corrected chi connectivity index (χ3v) is 6.04. The van der Waals surface area contributed by atoms with Crippen molar-refractivity contribution in [1.29, 1.82) is 0 Å². The molecule has 8 nitrogen and oxygen atoms in total. The van der Waals surface area contributed by atoms with Crippen LogP contribution in [0.2, 0.25) is 0 Å². The van der Waals surface area contributed by atoms with E-state index in [-0.39, 0.29) is 18.4 Å². The lowest BCUT2D eigenvalue weighted by molar-refractivity contribution is 0.0168. The molecule has 1 saturated carbocycles. The summed E-state index contributed by atoms with van der Waals surface area (Å²) in [7, 11) is 0. The van der Waals surface area contributed by atoms with E-state index >= 15 is 0 Å². The number of pyridine rings is 1. The van der Waals surface area contributed by atoms with Gasteiger partial charge in [-0.3, -0.25) is 9.78 Å². The van der Waals surface area contributed by atoms with Crippen LogP contribution in [0.3, 0.4) is 0 Å². The Morgan fingerprint density at radius 1 is 1.09 bits per heavy atom. The number of rotatable bonds is 5. The highest BCUT2D eigenvalue weighted by molar-refractivity contribution is 6.05. The molecule has 1 aromatic carbocycles. The van der Waals surface area contributed by atoms with Crippen LogP contribution in [0.5, 0.6) is 0 Å². The van der Waals surface area contributed by atoms with E-state index in [1.165, 1.54) is 0 Å². The van der Waals surface area contributed by atoms with Gasteiger partial charge in [0, 0.05) is 37.8 Å². The summed E-state index contributed by atoms with van der Waals surface area (Å²) >= 11 is 0. The summed E-state index contributed by atoms with van der Waals surface area (Å²) in [6, 6.07) is 13.4. The number of amides is 1. The van der Waals surface area contributed by atoms with Crippen molar-refractivity contribution in [2.45, 2.75) is 44.1 Å². The van der Waals surface area contributed by atoms with Gasteiger partial charge in [0.05, 0.1) is 35.0 Å². The highest BCUT2D eigenvalue weighted by Crippen LogP contribution is 2.23. The summed E-state index contributed by atoms with van der Waals surface area (Å²) in [4.78, 5) is 17.5. The van der Waals surface area contributed by atoms with Crippen LogP contribution in [-0.2, 0) is 6.54 Å². The predicted molar refractivity (Wildman–Crippen MR) is 120 cm³/mol. The third kappa shape index (κ3) is 4.02. The van der Waals surface area contributed by atoms with Crippen molar-refractivity contribution < 1.29 is 15.0 Å². The van der Waals surface area contributed by atoms with E-state index in [4.69, 9.17) is 0 Å². The molecule has 8 heteroatoms. The minimum absolute atomic E-state index is 0.262. The van der Waals surface area contributed by atoms with E-state index in [0.29, 0.717) is 30.5 Å². The highest BCUT2D eigenvalue weighted by Gasteiger charge is 2.30. The first kappa shape index (κ1) is 20.4. The number of carbonyl (C=O) groups excluding carboxylic acids is 1. The van der Waals surface area contributed by atoms with Gasteiger partial charge in [-0.1, -0.05) is 12.1 Å². The fraction of sp³-hybridized carbons (Fsp3) is 0.292. The van der Waals surface area contributed by atoms with E-state index in [1.54, 1.807) is 17.1 Å². The summed E-state index contributed by atoms with van der Waals surface area (Å²) in [5, 5.41) is 27.1. The van der Waals surface area contributed by atoms with Gasteiger partial charge in [-0.2, -0.15) is 5.10 Å². The van der Waals surface area contributed by atoms with Crippen LogP contribution in [0.15, 0.2) is 67.3 Å². The van der Waals surface area contributed by atoms with Crippen LogP contribution >= 0.6 is 0 Å². The SMILES string of the molecule is O=C(N[C@H]1CCC(O)C[C@@H]1O)c1cn(Cc2ccc(-n3cccn3)cc2)c2cccnc12. The third-order valence-electron chi connectivity index (χ3n) is 6.04. The fourth-order valence-electron chi connectivity index (χ4n) is 4.33. The van der Waals surface area contributed by atoms with E-state index in [1.807, 2.05) is 59.4 Å². The Morgan fingerprint density at radius 3 is 2.69 bits per heavy atom. The largest absolute Gasteiger partial charge is 0.393 e.